The Balaban J connectivity index is 1.84. The monoisotopic (exact) mass is 459 g/mol. The Labute approximate surface area is 175 Å². The third-order valence-electron chi connectivity index (χ3n) is 4.06. The molecule has 0 aliphatic rings. The van der Waals surface area contributed by atoms with Gasteiger partial charge in [-0.25, -0.2) is 4.98 Å². The second kappa shape index (κ2) is 9.07. The SMILES string of the molecule is COC(=O)C[C@@H](NC(=O)c1sc(-c2ccccn2)nc1C)c1ccc(Br)cc1. The van der Waals surface area contributed by atoms with Gasteiger partial charge in [-0.1, -0.05) is 34.1 Å². The molecule has 1 amide bonds. The number of nitrogens with zero attached hydrogens (tertiary/aromatic N) is 2. The highest BCUT2D eigenvalue weighted by Gasteiger charge is 2.23. The summed E-state index contributed by atoms with van der Waals surface area (Å²) in [7, 11) is 1.33. The first kappa shape index (κ1) is 20.2. The number of thiazole rings is 1. The molecule has 0 spiro atoms. The van der Waals surface area contributed by atoms with Crippen LogP contribution in [0.25, 0.3) is 10.7 Å². The zero-order valence-corrected chi connectivity index (χ0v) is 17.7. The van der Waals surface area contributed by atoms with E-state index in [0.29, 0.717) is 21.3 Å². The molecule has 1 aromatic carbocycles. The molecular formula is C20H18BrN3O3S. The minimum absolute atomic E-state index is 0.0365. The lowest BCUT2D eigenvalue weighted by atomic mass is 10.0. The van der Waals surface area contributed by atoms with Gasteiger partial charge < -0.3 is 10.1 Å². The standard InChI is InChI=1S/C20H18BrN3O3S/c1-12-18(28-20(23-12)15-5-3-4-10-22-15)19(26)24-16(11-17(25)27-2)13-6-8-14(21)9-7-13/h3-10,16H,11H2,1-2H3,(H,24,26)/t16-/m1/s1. The van der Waals surface area contributed by atoms with Gasteiger partial charge in [0.1, 0.15) is 9.88 Å². The van der Waals surface area contributed by atoms with Gasteiger partial charge in [0.2, 0.25) is 0 Å². The summed E-state index contributed by atoms with van der Waals surface area (Å²) < 4.78 is 5.70. The summed E-state index contributed by atoms with van der Waals surface area (Å²) in [6.45, 7) is 1.78. The van der Waals surface area contributed by atoms with Gasteiger partial charge in [-0.3, -0.25) is 14.6 Å². The fourth-order valence-corrected chi connectivity index (χ4v) is 3.84. The lowest BCUT2D eigenvalue weighted by Crippen LogP contribution is -2.30. The predicted octanol–water partition coefficient (Wildman–Crippen LogP) is 4.31. The van der Waals surface area contributed by atoms with E-state index < -0.39 is 12.0 Å². The number of hydrogen-bond donors (Lipinski definition) is 1. The average Bonchev–Trinajstić information content (AvgIpc) is 3.10. The molecule has 0 bridgehead atoms. The van der Waals surface area contributed by atoms with Crippen molar-refractivity contribution in [1.82, 2.24) is 15.3 Å². The number of methoxy groups -OCH3 is 1. The van der Waals surface area contributed by atoms with Gasteiger partial charge in [-0.15, -0.1) is 11.3 Å². The smallest absolute Gasteiger partial charge is 0.307 e. The number of hydrogen-bond acceptors (Lipinski definition) is 6. The number of esters is 1. The molecule has 0 aliphatic carbocycles. The van der Waals surface area contributed by atoms with Crippen LogP contribution in [0.15, 0.2) is 53.1 Å². The van der Waals surface area contributed by atoms with Crippen molar-refractivity contribution < 1.29 is 14.3 Å². The first-order chi connectivity index (χ1) is 13.5. The van der Waals surface area contributed by atoms with E-state index in [2.05, 4.69) is 31.2 Å². The minimum Gasteiger partial charge on any atom is -0.469 e. The number of nitrogens with one attached hydrogen (secondary N) is 1. The number of aromatic nitrogens is 2. The summed E-state index contributed by atoms with van der Waals surface area (Å²) in [5, 5.41) is 3.61. The van der Waals surface area contributed by atoms with Gasteiger partial charge in [0.15, 0.2) is 0 Å². The number of amides is 1. The van der Waals surface area contributed by atoms with Crippen LogP contribution in [0.2, 0.25) is 0 Å². The van der Waals surface area contributed by atoms with E-state index in [4.69, 9.17) is 4.74 Å². The summed E-state index contributed by atoms with van der Waals surface area (Å²) >= 11 is 4.67. The van der Waals surface area contributed by atoms with Crippen molar-refractivity contribution in [2.45, 2.75) is 19.4 Å². The Bertz CT molecular complexity index is 974. The Morgan fingerprint density at radius 3 is 2.61 bits per heavy atom. The van der Waals surface area contributed by atoms with Crippen molar-refractivity contribution in [3.05, 3.63) is 69.3 Å². The molecule has 0 fully saturated rings. The molecule has 8 heteroatoms. The second-order valence-electron chi connectivity index (χ2n) is 6.01. The van der Waals surface area contributed by atoms with Crippen molar-refractivity contribution in [1.29, 1.82) is 0 Å². The fourth-order valence-electron chi connectivity index (χ4n) is 2.63. The lowest BCUT2D eigenvalue weighted by Gasteiger charge is -2.18. The molecule has 1 N–H and O–H groups in total. The van der Waals surface area contributed by atoms with Crippen LogP contribution in [-0.4, -0.2) is 29.0 Å². The molecule has 0 unspecified atom stereocenters. The van der Waals surface area contributed by atoms with E-state index in [-0.39, 0.29) is 12.3 Å². The van der Waals surface area contributed by atoms with Crippen LogP contribution < -0.4 is 5.32 Å². The van der Waals surface area contributed by atoms with Crippen molar-refractivity contribution in [2.24, 2.45) is 0 Å². The first-order valence-electron chi connectivity index (χ1n) is 8.50. The van der Waals surface area contributed by atoms with E-state index in [0.717, 1.165) is 10.0 Å². The summed E-state index contributed by atoms with van der Waals surface area (Å²) in [4.78, 5) is 34.0. The summed E-state index contributed by atoms with van der Waals surface area (Å²) in [5.74, 6) is -0.683. The number of ether oxygens (including phenoxy) is 1. The van der Waals surface area contributed by atoms with Crippen molar-refractivity contribution in [3.8, 4) is 10.7 Å². The highest BCUT2D eigenvalue weighted by atomic mass is 79.9. The van der Waals surface area contributed by atoms with Crippen LogP contribution in [-0.2, 0) is 9.53 Å². The molecule has 1 atom stereocenters. The predicted molar refractivity (Wildman–Crippen MR) is 111 cm³/mol. The Morgan fingerprint density at radius 1 is 1.21 bits per heavy atom. The summed E-state index contributed by atoms with van der Waals surface area (Å²) in [5.41, 5.74) is 2.15. The van der Waals surface area contributed by atoms with Gasteiger partial charge in [-0.2, -0.15) is 0 Å². The molecule has 0 saturated carbocycles. The largest absolute Gasteiger partial charge is 0.469 e. The first-order valence-corrected chi connectivity index (χ1v) is 10.1. The van der Waals surface area contributed by atoms with Gasteiger partial charge in [-0.05, 0) is 36.8 Å². The van der Waals surface area contributed by atoms with Gasteiger partial charge in [0, 0.05) is 10.7 Å². The van der Waals surface area contributed by atoms with Crippen LogP contribution >= 0.6 is 27.3 Å². The van der Waals surface area contributed by atoms with E-state index in [1.807, 2.05) is 42.5 Å². The Morgan fingerprint density at radius 2 is 1.96 bits per heavy atom. The summed E-state index contributed by atoms with van der Waals surface area (Å²) in [6.07, 6.45) is 1.72. The van der Waals surface area contributed by atoms with Crippen LogP contribution in [0.4, 0.5) is 0 Å². The fraction of sp³-hybridized carbons (Fsp3) is 0.200. The van der Waals surface area contributed by atoms with Crippen molar-refractivity contribution in [3.63, 3.8) is 0 Å². The molecule has 2 aromatic heterocycles. The van der Waals surface area contributed by atoms with Crippen molar-refractivity contribution in [2.75, 3.05) is 7.11 Å². The van der Waals surface area contributed by atoms with Crippen LogP contribution in [0.1, 0.15) is 33.4 Å². The molecular weight excluding hydrogens is 442 g/mol. The van der Waals surface area contributed by atoms with E-state index in [9.17, 15) is 9.59 Å². The Hall–Kier alpha value is -2.58. The van der Waals surface area contributed by atoms with Crippen molar-refractivity contribution >= 4 is 39.1 Å². The highest BCUT2D eigenvalue weighted by Crippen LogP contribution is 2.28. The van der Waals surface area contributed by atoms with Gasteiger partial charge in [0.25, 0.3) is 5.91 Å². The Kier molecular flexibility index (Phi) is 6.53. The second-order valence-corrected chi connectivity index (χ2v) is 7.92. The molecule has 0 radical (unpaired) electrons. The average molecular weight is 460 g/mol. The molecule has 0 saturated heterocycles. The number of carbonyl (C=O) groups excluding carboxylic acids is 2. The summed E-state index contributed by atoms with van der Waals surface area (Å²) in [6, 6.07) is 12.5. The molecule has 6 nitrogen and oxygen atoms in total. The lowest BCUT2D eigenvalue weighted by molar-refractivity contribution is -0.141. The zero-order valence-electron chi connectivity index (χ0n) is 15.3. The maximum absolute atomic E-state index is 12.9. The highest BCUT2D eigenvalue weighted by molar-refractivity contribution is 9.10. The molecule has 3 rings (SSSR count). The van der Waals surface area contributed by atoms with Gasteiger partial charge >= 0.3 is 5.97 Å². The number of rotatable bonds is 6. The number of aryl methyl sites for hydroxylation is 1. The molecule has 3 aromatic rings. The van der Waals surface area contributed by atoms with E-state index in [1.54, 1.807) is 13.1 Å². The molecule has 0 aliphatic heterocycles. The topological polar surface area (TPSA) is 81.2 Å². The third-order valence-corrected chi connectivity index (χ3v) is 5.77. The number of benzene rings is 1. The maximum Gasteiger partial charge on any atom is 0.307 e. The van der Waals surface area contributed by atoms with Crippen LogP contribution in [0, 0.1) is 6.92 Å². The molecule has 2 heterocycles. The van der Waals surface area contributed by atoms with Crippen LogP contribution in [0.3, 0.4) is 0 Å². The number of halogens is 1. The number of carbonyl (C=O) groups is 2. The van der Waals surface area contributed by atoms with E-state index in [1.165, 1.54) is 18.4 Å². The molecule has 144 valence electrons. The molecule has 28 heavy (non-hydrogen) atoms. The van der Waals surface area contributed by atoms with Gasteiger partial charge in [0.05, 0.1) is 31.0 Å². The quantitative estimate of drug-likeness (QED) is 0.555. The third kappa shape index (κ3) is 4.82. The maximum atomic E-state index is 12.9. The normalized spacial score (nSPS) is 11.7. The minimum atomic E-state index is -0.507. The van der Waals surface area contributed by atoms with E-state index >= 15 is 0 Å². The van der Waals surface area contributed by atoms with Crippen LogP contribution in [0.5, 0.6) is 0 Å². The number of pyridine rings is 1. The zero-order chi connectivity index (χ0) is 20.1.